The lowest BCUT2D eigenvalue weighted by Crippen LogP contribution is -2.18. The first-order valence-electron chi connectivity index (χ1n) is 4.06. The molecule has 0 heterocycles. The van der Waals surface area contributed by atoms with Gasteiger partial charge < -0.3 is 5.11 Å². The highest BCUT2D eigenvalue weighted by Crippen LogP contribution is 2.10. The van der Waals surface area contributed by atoms with Crippen LogP contribution in [0.25, 0.3) is 0 Å². The van der Waals surface area contributed by atoms with Gasteiger partial charge in [0.25, 0.3) is 0 Å². The van der Waals surface area contributed by atoms with Crippen molar-refractivity contribution in [2.45, 2.75) is 24.8 Å². The fourth-order valence-corrected chi connectivity index (χ4v) is 1.19. The molecule has 0 unspecified atom stereocenters. The summed E-state index contributed by atoms with van der Waals surface area (Å²) in [5.74, 6) is 0. The van der Waals surface area contributed by atoms with Gasteiger partial charge >= 0.3 is 0 Å². The van der Waals surface area contributed by atoms with E-state index in [1.807, 2.05) is 30.3 Å². The molecule has 0 aromatic heterocycles. The van der Waals surface area contributed by atoms with E-state index in [4.69, 9.17) is 16.7 Å². The summed E-state index contributed by atoms with van der Waals surface area (Å²) in [6.45, 7) is 1.71. The molecule has 12 heavy (non-hydrogen) atoms. The zero-order chi connectivity index (χ0) is 8.97. The smallest absolute Gasteiger partial charge is 0.0678 e. The summed E-state index contributed by atoms with van der Waals surface area (Å²) in [5.41, 5.74) is 1.17. The Kier molecular flexibility index (Phi) is 3.57. The van der Waals surface area contributed by atoms with Crippen molar-refractivity contribution in [1.82, 2.24) is 0 Å². The predicted octanol–water partition coefficient (Wildman–Crippen LogP) is 2.22. The Morgan fingerprint density at radius 2 is 1.92 bits per heavy atom. The Hall–Kier alpha value is -0.530. The molecular weight excluding hydrogens is 172 g/mol. The third kappa shape index (κ3) is 2.84. The molecule has 1 nitrogen and oxygen atoms in total. The number of hydrogen-bond acceptors (Lipinski definition) is 1. The summed E-state index contributed by atoms with van der Waals surface area (Å²) in [5, 5.41) is 8.96. The fourth-order valence-electron chi connectivity index (χ4n) is 1.01. The Morgan fingerprint density at radius 1 is 1.33 bits per heavy atom. The monoisotopic (exact) mass is 184 g/mol. The summed E-state index contributed by atoms with van der Waals surface area (Å²) in [6, 6.07) is 9.94. The Morgan fingerprint density at radius 3 is 2.42 bits per heavy atom. The van der Waals surface area contributed by atoms with Crippen LogP contribution in [0, 0.1) is 0 Å². The maximum absolute atomic E-state index is 9.15. The van der Waals surface area contributed by atoms with Gasteiger partial charge in [0.05, 0.1) is 11.5 Å². The summed E-state index contributed by atoms with van der Waals surface area (Å²) in [6.07, 6.45) is 0.270. The predicted molar refractivity (Wildman–Crippen MR) is 51.5 cm³/mol. The average Bonchev–Trinajstić information content (AvgIpc) is 2.06. The first-order chi connectivity index (χ1) is 5.70. The van der Waals surface area contributed by atoms with E-state index in [2.05, 4.69) is 0 Å². The number of rotatable bonds is 3. The minimum Gasteiger partial charge on any atom is -0.392 e. The molecule has 0 aliphatic carbocycles. The van der Waals surface area contributed by atoms with Gasteiger partial charge in [-0.25, -0.2) is 0 Å². The van der Waals surface area contributed by atoms with Crippen LogP contribution in [0.5, 0.6) is 0 Å². The minimum atomic E-state index is -0.452. The second-order valence-electron chi connectivity index (χ2n) is 2.95. The van der Waals surface area contributed by atoms with Crippen LogP contribution < -0.4 is 0 Å². The summed E-state index contributed by atoms with van der Waals surface area (Å²) in [7, 11) is 0. The number of aliphatic hydroxyl groups excluding tert-OH is 1. The second kappa shape index (κ2) is 4.48. The van der Waals surface area contributed by atoms with E-state index in [9.17, 15) is 0 Å². The van der Waals surface area contributed by atoms with E-state index >= 15 is 0 Å². The lowest BCUT2D eigenvalue weighted by Gasteiger charge is -2.11. The van der Waals surface area contributed by atoms with Crippen molar-refractivity contribution in [2.75, 3.05) is 0 Å². The Labute approximate surface area is 78.0 Å². The van der Waals surface area contributed by atoms with Crippen LogP contribution >= 0.6 is 11.6 Å². The molecule has 0 aliphatic heterocycles. The average molecular weight is 185 g/mol. The largest absolute Gasteiger partial charge is 0.392 e. The molecular formula is C10H13ClO. The Bertz CT molecular complexity index is 221. The normalized spacial score (nSPS) is 15.6. The molecule has 0 radical (unpaired) electrons. The van der Waals surface area contributed by atoms with Crippen molar-refractivity contribution in [1.29, 1.82) is 0 Å². The molecule has 0 amide bonds. The van der Waals surface area contributed by atoms with Gasteiger partial charge in [-0.15, -0.1) is 11.6 Å². The standard InChI is InChI=1S/C10H13ClO/c1-8(12)10(11)7-9-5-3-2-4-6-9/h2-6,8,10,12H,7H2,1H3/t8-,10+/m0/s1. The highest BCUT2D eigenvalue weighted by molar-refractivity contribution is 6.21. The number of alkyl halides is 1. The van der Waals surface area contributed by atoms with Crippen molar-refractivity contribution in [3.8, 4) is 0 Å². The maximum Gasteiger partial charge on any atom is 0.0678 e. The topological polar surface area (TPSA) is 20.2 Å². The quantitative estimate of drug-likeness (QED) is 0.715. The molecule has 0 fully saturated rings. The van der Waals surface area contributed by atoms with E-state index in [0.717, 1.165) is 6.42 Å². The molecule has 0 saturated heterocycles. The second-order valence-corrected chi connectivity index (χ2v) is 3.51. The number of hydrogen-bond donors (Lipinski definition) is 1. The third-order valence-electron chi connectivity index (χ3n) is 1.80. The van der Waals surface area contributed by atoms with E-state index < -0.39 is 6.10 Å². The first kappa shape index (κ1) is 9.56. The van der Waals surface area contributed by atoms with Gasteiger partial charge in [-0.2, -0.15) is 0 Å². The van der Waals surface area contributed by atoms with Crippen molar-refractivity contribution >= 4 is 11.6 Å². The van der Waals surface area contributed by atoms with Gasteiger partial charge in [0.2, 0.25) is 0 Å². The molecule has 0 spiro atoms. The molecule has 0 saturated carbocycles. The van der Waals surface area contributed by atoms with Gasteiger partial charge in [0.1, 0.15) is 0 Å². The van der Waals surface area contributed by atoms with Crippen LogP contribution in [0.4, 0.5) is 0 Å². The van der Waals surface area contributed by atoms with Gasteiger partial charge in [-0.3, -0.25) is 0 Å². The van der Waals surface area contributed by atoms with Gasteiger partial charge in [-0.1, -0.05) is 30.3 Å². The zero-order valence-electron chi connectivity index (χ0n) is 7.07. The van der Waals surface area contributed by atoms with Crippen LogP contribution in [0.2, 0.25) is 0 Å². The molecule has 66 valence electrons. The molecule has 1 aromatic carbocycles. The van der Waals surface area contributed by atoms with E-state index in [1.54, 1.807) is 6.92 Å². The van der Waals surface area contributed by atoms with E-state index in [1.165, 1.54) is 5.56 Å². The molecule has 1 N–H and O–H groups in total. The lowest BCUT2D eigenvalue weighted by atomic mass is 10.1. The van der Waals surface area contributed by atoms with Crippen LogP contribution in [-0.4, -0.2) is 16.6 Å². The van der Waals surface area contributed by atoms with Crippen molar-refractivity contribution in [3.05, 3.63) is 35.9 Å². The van der Waals surface area contributed by atoms with Crippen LogP contribution in [0.15, 0.2) is 30.3 Å². The zero-order valence-corrected chi connectivity index (χ0v) is 7.83. The number of benzene rings is 1. The van der Waals surface area contributed by atoms with Crippen molar-refractivity contribution < 1.29 is 5.11 Å². The highest BCUT2D eigenvalue weighted by Gasteiger charge is 2.10. The summed E-state index contributed by atoms with van der Waals surface area (Å²) in [4.78, 5) is 0. The molecule has 1 aromatic rings. The third-order valence-corrected chi connectivity index (χ3v) is 2.32. The van der Waals surface area contributed by atoms with E-state index in [0.29, 0.717) is 0 Å². The lowest BCUT2D eigenvalue weighted by molar-refractivity contribution is 0.188. The van der Waals surface area contributed by atoms with E-state index in [-0.39, 0.29) is 5.38 Å². The fraction of sp³-hybridized carbons (Fsp3) is 0.400. The number of halogens is 1. The molecule has 2 heteroatoms. The van der Waals surface area contributed by atoms with Gasteiger partial charge in [-0.05, 0) is 18.9 Å². The minimum absolute atomic E-state index is 0.188. The van der Waals surface area contributed by atoms with Gasteiger partial charge in [0.15, 0.2) is 0 Å². The van der Waals surface area contributed by atoms with Crippen LogP contribution in [0.1, 0.15) is 12.5 Å². The van der Waals surface area contributed by atoms with Crippen molar-refractivity contribution in [3.63, 3.8) is 0 Å². The maximum atomic E-state index is 9.15. The Balaban J connectivity index is 2.53. The van der Waals surface area contributed by atoms with Crippen LogP contribution in [0.3, 0.4) is 0 Å². The molecule has 0 bridgehead atoms. The SMILES string of the molecule is C[C@H](O)[C@H](Cl)Cc1ccccc1. The number of aliphatic hydroxyl groups is 1. The highest BCUT2D eigenvalue weighted by atomic mass is 35.5. The molecule has 2 atom stereocenters. The summed E-state index contributed by atoms with van der Waals surface area (Å²) >= 11 is 5.90. The summed E-state index contributed by atoms with van der Waals surface area (Å²) < 4.78 is 0. The first-order valence-corrected chi connectivity index (χ1v) is 4.50. The van der Waals surface area contributed by atoms with Crippen molar-refractivity contribution in [2.24, 2.45) is 0 Å². The van der Waals surface area contributed by atoms with Gasteiger partial charge in [0, 0.05) is 0 Å². The molecule has 0 aliphatic rings. The molecule has 1 rings (SSSR count). The van der Waals surface area contributed by atoms with Crippen LogP contribution in [-0.2, 0) is 6.42 Å².